The van der Waals surface area contributed by atoms with Gasteiger partial charge in [0.05, 0.1) is 0 Å². The molecule has 0 heterocycles. The standard InChI is InChI=1S/C29H41ClN2O2/c1-29(2,3)20-32(28(34)23-8-12-25(30)13-9-23)26-14-10-22(11-15-26)27-16-7-21(6-5-17-33)18-24(27)19-31-4/h7-9,12-13,16,18,22,26,31,33H,5-6,10-11,14-15,17,19-20H2,1-4H3. The van der Waals surface area contributed by atoms with Gasteiger partial charge in [-0.15, -0.1) is 0 Å². The molecule has 2 N–H and O–H groups in total. The van der Waals surface area contributed by atoms with Gasteiger partial charge in [-0.3, -0.25) is 4.79 Å². The van der Waals surface area contributed by atoms with Gasteiger partial charge < -0.3 is 15.3 Å². The van der Waals surface area contributed by atoms with Gasteiger partial charge in [-0.25, -0.2) is 0 Å². The Morgan fingerprint density at radius 1 is 1.09 bits per heavy atom. The highest BCUT2D eigenvalue weighted by molar-refractivity contribution is 6.30. The second kappa shape index (κ2) is 12.2. The van der Waals surface area contributed by atoms with Crippen molar-refractivity contribution in [2.24, 2.45) is 5.41 Å². The van der Waals surface area contributed by atoms with Crippen molar-refractivity contribution in [1.29, 1.82) is 0 Å². The molecule has 1 fully saturated rings. The lowest BCUT2D eigenvalue weighted by Gasteiger charge is -2.40. The Morgan fingerprint density at radius 3 is 2.35 bits per heavy atom. The molecule has 186 valence electrons. The molecule has 2 aromatic rings. The highest BCUT2D eigenvalue weighted by Gasteiger charge is 2.33. The molecule has 0 aliphatic heterocycles. The molecular formula is C29H41ClN2O2. The van der Waals surface area contributed by atoms with Gasteiger partial charge >= 0.3 is 0 Å². The van der Waals surface area contributed by atoms with Crippen LogP contribution < -0.4 is 5.32 Å². The van der Waals surface area contributed by atoms with Gasteiger partial charge in [0.25, 0.3) is 5.91 Å². The number of hydrogen-bond acceptors (Lipinski definition) is 3. The summed E-state index contributed by atoms with van der Waals surface area (Å²) in [6.45, 7) is 8.42. The molecule has 0 spiro atoms. The lowest BCUT2D eigenvalue weighted by atomic mass is 9.78. The van der Waals surface area contributed by atoms with E-state index in [-0.39, 0.29) is 24.0 Å². The first kappa shape index (κ1) is 26.7. The third-order valence-electron chi connectivity index (χ3n) is 6.77. The summed E-state index contributed by atoms with van der Waals surface area (Å²) < 4.78 is 0. The fourth-order valence-electron chi connectivity index (χ4n) is 5.17. The second-order valence-electron chi connectivity index (χ2n) is 10.9. The Morgan fingerprint density at radius 2 is 1.76 bits per heavy atom. The van der Waals surface area contributed by atoms with Crippen LogP contribution in [0.25, 0.3) is 0 Å². The number of aryl methyl sites for hydroxylation is 1. The summed E-state index contributed by atoms with van der Waals surface area (Å²) in [6, 6.07) is 14.4. The maximum atomic E-state index is 13.5. The summed E-state index contributed by atoms with van der Waals surface area (Å²) in [5.74, 6) is 0.632. The number of halogens is 1. The van der Waals surface area contributed by atoms with Gasteiger partial charge in [0.2, 0.25) is 0 Å². The third-order valence-corrected chi connectivity index (χ3v) is 7.02. The van der Waals surface area contributed by atoms with Crippen LogP contribution in [0, 0.1) is 5.41 Å². The largest absolute Gasteiger partial charge is 0.396 e. The lowest BCUT2D eigenvalue weighted by molar-refractivity contribution is 0.0534. The van der Waals surface area contributed by atoms with Gasteiger partial charge in [-0.05, 0) is 97.9 Å². The minimum absolute atomic E-state index is 0.0311. The molecule has 1 amide bonds. The number of nitrogens with zero attached hydrogens (tertiary/aromatic N) is 1. The molecule has 1 aliphatic carbocycles. The van der Waals surface area contributed by atoms with Crippen LogP contribution in [-0.2, 0) is 13.0 Å². The van der Waals surface area contributed by atoms with E-state index in [1.165, 1.54) is 16.7 Å². The van der Waals surface area contributed by atoms with Crippen LogP contribution >= 0.6 is 11.6 Å². The van der Waals surface area contributed by atoms with Crippen LogP contribution in [0.2, 0.25) is 5.02 Å². The number of carbonyl (C=O) groups excluding carboxylic acids is 1. The minimum Gasteiger partial charge on any atom is -0.396 e. The van der Waals surface area contributed by atoms with Crippen LogP contribution in [0.15, 0.2) is 42.5 Å². The second-order valence-corrected chi connectivity index (χ2v) is 11.3. The summed E-state index contributed by atoms with van der Waals surface area (Å²) in [5.41, 5.74) is 4.84. The molecule has 0 radical (unpaired) electrons. The zero-order valence-corrected chi connectivity index (χ0v) is 22.0. The highest BCUT2D eigenvalue weighted by atomic mass is 35.5. The molecule has 4 nitrogen and oxygen atoms in total. The van der Waals surface area contributed by atoms with E-state index in [9.17, 15) is 9.90 Å². The summed E-state index contributed by atoms with van der Waals surface area (Å²) in [6.07, 6.45) is 5.93. The van der Waals surface area contributed by atoms with Crippen molar-refractivity contribution in [2.45, 2.75) is 77.8 Å². The molecule has 0 atom stereocenters. The Kier molecular flexibility index (Phi) is 9.58. The van der Waals surface area contributed by atoms with Crippen molar-refractivity contribution in [3.05, 3.63) is 69.7 Å². The Hall–Kier alpha value is -1.88. The maximum Gasteiger partial charge on any atom is 0.254 e. The van der Waals surface area contributed by atoms with Crippen molar-refractivity contribution in [3.63, 3.8) is 0 Å². The molecule has 0 aromatic heterocycles. The fourth-order valence-corrected chi connectivity index (χ4v) is 5.30. The molecule has 1 saturated carbocycles. The first-order chi connectivity index (χ1) is 16.2. The van der Waals surface area contributed by atoms with Crippen LogP contribution in [0.1, 0.15) is 85.8 Å². The fraction of sp³-hybridized carbons (Fsp3) is 0.552. The molecule has 3 rings (SSSR count). The van der Waals surface area contributed by atoms with Crippen LogP contribution in [0.3, 0.4) is 0 Å². The van der Waals surface area contributed by atoms with Crippen molar-refractivity contribution < 1.29 is 9.90 Å². The van der Waals surface area contributed by atoms with E-state index in [0.29, 0.717) is 16.5 Å². The zero-order chi connectivity index (χ0) is 24.7. The SMILES string of the molecule is CNCc1cc(CCCO)ccc1C1CCC(N(CC(C)(C)C)C(=O)c2ccc(Cl)cc2)CC1. The average Bonchev–Trinajstić information content (AvgIpc) is 2.81. The van der Waals surface area contributed by atoms with Crippen LogP contribution in [0.5, 0.6) is 0 Å². The van der Waals surface area contributed by atoms with Gasteiger partial charge in [0, 0.05) is 36.3 Å². The van der Waals surface area contributed by atoms with Crippen molar-refractivity contribution >= 4 is 17.5 Å². The molecule has 2 aromatic carbocycles. The summed E-state index contributed by atoms with van der Waals surface area (Å²) in [5, 5.41) is 13.2. The van der Waals surface area contributed by atoms with E-state index in [4.69, 9.17) is 11.6 Å². The van der Waals surface area contributed by atoms with E-state index in [2.05, 4.69) is 49.2 Å². The van der Waals surface area contributed by atoms with Gasteiger partial charge in [-0.1, -0.05) is 50.6 Å². The number of rotatable bonds is 9. The molecule has 5 heteroatoms. The van der Waals surface area contributed by atoms with Crippen LogP contribution in [0.4, 0.5) is 0 Å². The molecule has 0 saturated heterocycles. The monoisotopic (exact) mass is 484 g/mol. The highest BCUT2D eigenvalue weighted by Crippen LogP contribution is 2.38. The smallest absolute Gasteiger partial charge is 0.254 e. The molecule has 0 unspecified atom stereocenters. The number of benzene rings is 2. The first-order valence-corrected chi connectivity index (χ1v) is 13.0. The van der Waals surface area contributed by atoms with E-state index >= 15 is 0 Å². The number of nitrogens with one attached hydrogen (secondary N) is 1. The van der Waals surface area contributed by atoms with Crippen molar-refractivity contribution in [1.82, 2.24) is 10.2 Å². The number of aliphatic hydroxyl groups excluding tert-OH is 1. The van der Waals surface area contributed by atoms with E-state index in [1.54, 1.807) is 12.1 Å². The normalized spacial score (nSPS) is 18.6. The molecule has 34 heavy (non-hydrogen) atoms. The Labute approximate surface area is 210 Å². The quantitative estimate of drug-likeness (QED) is 0.445. The maximum absolute atomic E-state index is 13.5. The average molecular weight is 485 g/mol. The van der Waals surface area contributed by atoms with Gasteiger partial charge in [0.1, 0.15) is 0 Å². The van der Waals surface area contributed by atoms with E-state index in [0.717, 1.165) is 51.6 Å². The molecule has 0 bridgehead atoms. The Balaban J connectivity index is 1.75. The van der Waals surface area contributed by atoms with Crippen LogP contribution in [-0.4, -0.2) is 42.2 Å². The Bertz CT molecular complexity index is 928. The van der Waals surface area contributed by atoms with Crippen molar-refractivity contribution in [3.8, 4) is 0 Å². The summed E-state index contributed by atoms with van der Waals surface area (Å²) in [4.78, 5) is 15.6. The number of amides is 1. The predicted molar refractivity (Wildman–Crippen MR) is 142 cm³/mol. The number of carbonyl (C=O) groups is 1. The predicted octanol–water partition coefficient (Wildman–Crippen LogP) is 6.20. The third kappa shape index (κ3) is 7.31. The number of aliphatic hydroxyl groups is 1. The van der Waals surface area contributed by atoms with Gasteiger partial charge in [0.15, 0.2) is 0 Å². The van der Waals surface area contributed by atoms with E-state index in [1.807, 2.05) is 19.2 Å². The van der Waals surface area contributed by atoms with E-state index < -0.39 is 0 Å². The van der Waals surface area contributed by atoms with Crippen molar-refractivity contribution in [2.75, 3.05) is 20.2 Å². The minimum atomic E-state index is 0.0311. The van der Waals surface area contributed by atoms with Gasteiger partial charge in [-0.2, -0.15) is 0 Å². The molecular weight excluding hydrogens is 444 g/mol. The molecule has 1 aliphatic rings. The topological polar surface area (TPSA) is 52.6 Å². The summed E-state index contributed by atoms with van der Waals surface area (Å²) in [7, 11) is 1.99. The first-order valence-electron chi connectivity index (χ1n) is 12.7. The summed E-state index contributed by atoms with van der Waals surface area (Å²) >= 11 is 6.05. The number of hydrogen-bond donors (Lipinski definition) is 2. The lowest BCUT2D eigenvalue weighted by Crippen LogP contribution is -2.46. The zero-order valence-electron chi connectivity index (χ0n) is 21.2.